The number of carbonyl (C=O) groups excluding carboxylic acids is 1. The summed E-state index contributed by atoms with van der Waals surface area (Å²) in [6, 6.07) is 4.09. The van der Waals surface area contributed by atoms with Crippen LogP contribution in [-0.4, -0.2) is 21.3 Å². The highest BCUT2D eigenvalue weighted by Crippen LogP contribution is 2.50. The molecule has 1 fully saturated rings. The summed E-state index contributed by atoms with van der Waals surface area (Å²) in [5.74, 6) is 0.774. The Kier molecular flexibility index (Phi) is 5.09. The molecule has 1 saturated carbocycles. The summed E-state index contributed by atoms with van der Waals surface area (Å²) in [4.78, 5) is 19.4. The molecule has 1 amide bonds. The van der Waals surface area contributed by atoms with Gasteiger partial charge in [-0.1, -0.05) is 30.6 Å². The largest absolute Gasteiger partial charge is 0.444 e. The van der Waals surface area contributed by atoms with Gasteiger partial charge in [-0.3, -0.25) is 9.78 Å². The van der Waals surface area contributed by atoms with Gasteiger partial charge in [0.2, 0.25) is 0 Å². The Morgan fingerprint density at radius 1 is 1.24 bits per heavy atom. The predicted molar refractivity (Wildman–Crippen MR) is 116 cm³/mol. The first-order chi connectivity index (χ1) is 14.2. The van der Waals surface area contributed by atoms with Gasteiger partial charge in [0.15, 0.2) is 5.06 Å². The van der Waals surface area contributed by atoms with E-state index in [9.17, 15) is 4.79 Å². The number of hydrogen-bond acceptors (Lipinski definition) is 6. The molecular formula is C22H23N3O2S2. The number of rotatable bonds is 4. The van der Waals surface area contributed by atoms with E-state index >= 15 is 0 Å². The van der Waals surface area contributed by atoms with Gasteiger partial charge in [0.1, 0.15) is 5.75 Å². The third kappa shape index (κ3) is 3.57. The number of thiophene rings is 1. The van der Waals surface area contributed by atoms with Crippen molar-refractivity contribution >= 4 is 28.8 Å². The second-order valence-corrected chi connectivity index (χ2v) is 9.53. The zero-order valence-electron chi connectivity index (χ0n) is 16.4. The summed E-state index contributed by atoms with van der Waals surface area (Å²) in [6.45, 7) is 1.93. The summed E-state index contributed by atoms with van der Waals surface area (Å²) < 4.78 is 10.7. The Morgan fingerprint density at radius 3 is 2.93 bits per heavy atom. The van der Waals surface area contributed by atoms with Crippen LogP contribution >= 0.6 is 22.9 Å². The first-order valence-corrected chi connectivity index (χ1v) is 11.8. The van der Waals surface area contributed by atoms with Crippen molar-refractivity contribution in [1.82, 2.24) is 14.7 Å². The molecule has 29 heavy (non-hydrogen) atoms. The van der Waals surface area contributed by atoms with Crippen LogP contribution < -0.4 is 10.1 Å². The number of hydrogen-bond donors (Lipinski definition) is 1. The van der Waals surface area contributed by atoms with Crippen LogP contribution in [0.15, 0.2) is 24.5 Å². The van der Waals surface area contributed by atoms with Gasteiger partial charge in [-0.2, -0.15) is 0 Å². The lowest BCUT2D eigenvalue weighted by molar-refractivity contribution is 0.0931. The monoisotopic (exact) mass is 425 g/mol. The number of carbonyl (C=O) groups is 1. The maximum Gasteiger partial charge on any atom is 0.262 e. The second kappa shape index (κ2) is 7.88. The topological polar surface area (TPSA) is 64.1 Å². The van der Waals surface area contributed by atoms with Crippen LogP contribution in [-0.2, 0) is 12.8 Å². The molecule has 0 aromatic carbocycles. The summed E-state index contributed by atoms with van der Waals surface area (Å²) in [5, 5.41) is 4.06. The van der Waals surface area contributed by atoms with Gasteiger partial charge in [-0.15, -0.1) is 0 Å². The zero-order valence-corrected chi connectivity index (χ0v) is 18.0. The minimum atomic E-state index is 0.0453. The number of nitrogens with one attached hydrogen (secondary N) is 1. The first-order valence-electron chi connectivity index (χ1n) is 10.2. The van der Waals surface area contributed by atoms with Gasteiger partial charge in [-0.25, -0.2) is 4.37 Å². The van der Waals surface area contributed by atoms with Crippen molar-refractivity contribution in [3.05, 3.63) is 46.2 Å². The first kappa shape index (κ1) is 18.8. The van der Waals surface area contributed by atoms with E-state index in [1.807, 2.05) is 25.3 Å². The van der Waals surface area contributed by atoms with E-state index in [0.29, 0.717) is 6.04 Å². The van der Waals surface area contributed by atoms with Crippen molar-refractivity contribution in [3.63, 3.8) is 0 Å². The molecule has 0 aliphatic heterocycles. The average Bonchev–Trinajstić information content (AvgIpc) is 3.35. The van der Waals surface area contributed by atoms with Crippen molar-refractivity contribution in [2.75, 3.05) is 0 Å². The molecule has 2 aliphatic rings. The van der Waals surface area contributed by atoms with Crippen molar-refractivity contribution in [2.45, 2.75) is 57.9 Å². The summed E-state index contributed by atoms with van der Waals surface area (Å²) in [5.41, 5.74) is 4.24. The summed E-state index contributed by atoms with van der Waals surface area (Å²) in [6.07, 6.45) is 11.3. The molecule has 3 heterocycles. The number of fused-ring (bicyclic) bond motifs is 3. The van der Waals surface area contributed by atoms with E-state index in [2.05, 4.69) is 14.7 Å². The molecule has 3 aromatic heterocycles. The third-order valence-corrected chi connectivity index (χ3v) is 7.77. The fourth-order valence-electron chi connectivity index (χ4n) is 4.24. The molecule has 5 rings (SSSR count). The number of ether oxygens (including phenoxy) is 1. The van der Waals surface area contributed by atoms with Crippen molar-refractivity contribution < 1.29 is 9.53 Å². The Hall–Kier alpha value is -2.25. The molecule has 7 heteroatoms. The van der Waals surface area contributed by atoms with Gasteiger partial charge in [0, 0.05) is 18.4 Å². The molecule has 1 N–H and O–H groups in total. The van der Waals surface area contributed by atoms with E-state index in [0.717, 1.165) is 63.1 Å². The van der Waals surface area contributed by atoms with Crippen LogP contribution in [0, 0.1) is 6.92 Å². The molecule has 2 aliphatic carbocycles. The number of pyridine rings is 1. The molecule has 0 unspecified atom stereocenters. The quantitative estimate of drug-likeness (QED) is 0.597. The molecule has 0 saturated heterocycles. The Morgan fingerprint density at radius 2 is 2.10 bits per heavy atom. The zero-order chi connectivity index (χ0) is 19.8. The van der Waals surface area contributed by atoms with Crippen LogP contribution in [0.1, 0.15) is 58.6 Å². The number of aryl methyl sites for hydroxylation is 2. The predicted octanol–water partition coefficient (Wildman–Crippen LogP) is 5.53. The molecule has 3 aromatic rings. The molecule has 0 radical (unpaired) electrons. The maximum absolute atomic E-state index is 13.2. The number of aromatic nitrogens is 2. The molecule has 0 atom stereocenters. The highest BCUT2D eigenvalue weighted by atomic mass is 32.1. The molecule has 0 bridgehead atoms. The molecule has 150 valence electrons. The lowest BCUT2D eigenvalue weighted by Crippen LogP contribution is -2.36. The molecular weight excluding hydrogens is 402 g/mol. The van der Waals surface area contributed by atoms with E-state index in [1.165, 1.54) is 47.7 Å². The fraction of sp³-hybridized carbons (Fsp3) is 0.409. The Bertz CT molecular complexity index is 1050. The third-order valence-electron chi connectivity index (χ3n) is 5.80. The Labute approximate surface area is 178 Å². The smallest absolute Gasteiger partial charge is 0.262 e. The molecule has 5 nitrogen and oxygen atoms in total. The summed E-state index contributed by atoms with van der Waals surface area (Å²) >= 11 is 2.95. The SMILES string of the molecule is Cc1ncccc1Oc1sc(C(=O)NC2CCCCC2)c2c1-c1sncc1CC2. The highest BCUT2D eigenvalue weighted by Gasteiger charge is 2.31. The van der Waals surface area contributed by atoms with Crippen LogP contribution in [0.4, 0.5) is 0 Å². The van der Waals surface area contributed by atoms with Gasteiger partial charge in [0.05, 0.1) is 21.0 Å². The van der Waals surface area contributed by atoms with E-state index in [1.54, 1.807) is 6.20 Å². The normalized spacial score (nSPS) is 16.2. The van der Waals surface area contributed by atoms with Crippen LogP contribution in [0.25, 0.3) is 10.4 Å². The molecule has 0 spiro atoms. The van der Waals surface area contributed by atoms with E-state index in [-0.39, 0.29) is 5.91 Å². The van der Waals surface area contributed by atoms with E-state index < -0.39 is 0 Å². The fourth-order valence-corrected chi connectivity index (χ4v) is 6.30. The van der Waals surface area contributed by atoms with Gasteiger partial charge in [-0.05, 0) is 67.4 Å². The Balaban J connectivity index is 1.53. The van der Waals surface area contributed by atoms with Crippen LogP contribution in [0.5, 0.6) is 10.8 Å². The van der Waals surface area contributed by atoms with E-state index in [4.69, 9.17) is 4.74 Å². The summed E-state index contributed by atoms with van der Waals surface area (Å²) in [7, 11) is 0. The van der Waals surface area contributed by atoms with Gasteiger partial charge >= 0.3 is 0 Å². The van der Waals surface area contributed by atoms with Gasteiger partial charge < -0.3 is 10.1 Å². The average molecular weight is 426 g/mol. The van der Waals surface area contributed by atoms with Crippen molar-refractivity contribution in [2.24, 2.45) is 0 Å². The minimum Gasteiger partial charge on any atom is -0.444 e. The van der Waals surface area contributed by atoms with Crippen LogP contribution in [0.3, 0.4) is 0 Å². The minimum absolute atomic E-state index is 0.0453. The maximum atomic E-state index is 13.2. The number of nitrogens with zero attached hydrogens (tertiary/aromatic N) is 2. The lowest BCUT2D eigenvalue weighted by Gasteiger charge is -2.23. The number of amides is 1. The lowest BCUT2D eigenvalue weighted by atomic mass is 9.92. The standard InChI is InChI=1S/C22H23N3O2S2/c1-13-17(8-5-11-23-13)27-22-18-16(10-9-14-12-24-29-19(14)18)20(28-22)21(26)25-15-6-3-2-4-7-15/h5,8,11-12,15H,2-4,6-7,9-10H2,1H3,(H,25,26). The van der Waals surface area contributed by atoms with Crippen molar-refractivity contribution in [1.29, 1.82) is 0 Å². The van der Waals surface area contributed by atoms with Crippen LogP contribution in [0.2, 0.25) is 0 Å². The second-order valence-electron chi connectivity index (χ2n) is 7.75. The van der Waals surface area contributed by atoms with Gasteiger partial charge in [0.25, 0.3) is 5.91 Å². The van der Waals surface area contributed by atoms with Crippen molar-refractivity contribution in [3.8, 4) is 21.3 Å². The highest BCUT2D eigenvalue weighted by molar-refractivity contribution is 7.17.